The molecular weight excluding hydrogens is 731 g/mol. The predicted octanol–water partition coefficient (Wildman–Crippen LogP) is 10.5. The number of nitrogens with one attached hydrogen (secondary N) is 1. The lowest BCUT2D eigenvalue weighted by molar-refractivity contribution is -0.302. The normalized spacial score (nSPS) is 21.1. The molecule has 0 aromatic carbocycles. The second kappa shape index (κ2) is 39.5. The summed E-state index contributed by atoms with van der Waals surface area (Å²) in [6.45, 7) is 3.76. The molecule has 1 aliphatic heterocycles. The molecule has 1 amide bonds. The fraction of sp³-hybridized carbons (Fsp3) is 0.857. The maximum Gasteiger partial charge on any atom is 0.220 e. The van der Waals surface area contributed by atoms with Crippen LogP contribution in [0.15, 0.2) is 36.5 Å². The Morgan fingerprint density at radius 1 is 0.569 bits per heavy atom. The van der Waals surface area contributed by atoms with E-state index < -0.39 is 49.5 Å². The highest BCUT2D eigenvalue weighted by Gasteiger charge is 2.44. The predicted molar refractivity (Wildman–Crippen MR) is 240 cm³/mol. The van der Waals surface area contributed by atoms with Crippen molar-refractivity contribution in [3.8, 4) is 0 Å². The number of amides is 1. The molecule has 0 aliphatic carbocycles. The third-order valence-corrected chi connectivity index (χ3v) is 11.4. The zero-order valence-corrected chi connectivity index (χ0v) is 37.3. The van der Waals surface area contributed by atoms with Crippen LogP contribution in [-0.2, 0) is 14.3 Å². The highest BCUT2D eigenvalue weighted by Crippen LogP contribution is 2.22. The largest absolute Gasteiger partial charge is 0.394 e. The van der Waals surface area contributed by atoms with E-state index in [4.69, 9.17) is 9.47 Å². The summed E-state index contributed by atoms with van der Waals surface area (Å²) in [5.41, 5.74) is 0. The second-order valence-corrected chi connectivity index (χ2v) is 16.9. The van der Waals surface area contributed by atoms with Crippen LogP contribution in [0.1, 0.15) is 213 Å². The lowest BCUT2D eigenvalue weighted by Gasteiger charge is -2.40. The van der Waals surface area contributed by atoms with Gasteiger partial charge in [-0.3, -0.25) is 4.79 Å². The summed E-state index contributed by atoms with van der Waals surface area (Å²) in [7, 11) is 0. The Hall–Kier alpha value is -1.59. The maximum atomic E-state index is 13.0. The molecule has 9 nitrogen and oxygen atoms in total. The topological polar surface area (TPSA) is 149 Å². The standard InChI is InChI=1S/C49H91NO8/c1-3-5-7-9-11-13-15-17-19-21-23-25-27-29-31-33-35-37-39-45(53)50-42(41-57-49-48(56)47(55)46(54)44(40-51)58-49)43(52)38-36-34-32-30-28-26-24-22-20-18-16-14-12-10-8-6-4-2/h23,25,28,30,36,38,42-44,46-49,51-52,54-56H,3-22,24,26-27,29,31-35,37,39-41H2,1-2H3,(H,50,53)/b25-23-,30-28+,38-36+. The molecule has 7 unspecified atom stereocenters. The monoisotopic (exact) mass is 822 g/mol. The first-order valence-corrected chi connectivity index (χ1v) is 24.2. The van der Waals surface area contributed by atoms with Gasteiger partial charge in [0.05, 0.1) is 25.4 Å². The van der Waals surface area contributed by atoms with E-state index in [1.165, 1.54) is 135 Å². The van der Waals surface area contributed by atoms with Crippen LogP contribution in [0.2, 0.25) is 0 Å². The van der Waals surface area contributed by atoms with Crippen molar-refractivity contribution in [2.45, 2.75) is 256 Å². The number of ether oxygens (including phenoxy) is 2. The summed E-state index contributed by atoms with van der Waals surface area (Å²) in [5, 5.41) is 54.2. The molecular formula is C49H91NO8. The molecule has 0 spiro atoms. The zero-order chi connectivity index (χ0) is 42.3. The first-order chi connectivity index (χ1) is 28.3. The van der Waals surface area contributed by atoms with Crippen LogP contribution in [0, 0.1) is 0 Å². The third kappa shape index (κ3) is 29.6. The van der Waals surface area contributed by atoms with E-state index in [0.29, 0.717) is 6.42 Å². The van der Waals surface area contributed by atoms with Crippen LogP contribution in [0.3, 0.4) is 0 Å². The van der Waals surface area contributed by atoms with Gasteiger partial charge in [-0.25, -0.2) is 0 Å². The lowest BCUT2D eigenvalue weighted by Crippen LogP contribution is -2.60. The highest BCUT2D eigenvalue weighted by molar-refractivity contribution is 5.76. The number of hydrogen-bond acceptors (Lipinski definition) is 8. The van der Waals surface area contributed by atoms with Gasteiger partial charge in [-0.1, -0.05) is 185 Å². The summed E-state index contributed by atoms with van der Waals surface area (Å²) < 4.78 is 11.2. The molecule has 0 aromatic rings. The summed E-state index contributed by atoms with van der Waals surface area (Å²) >= 11 is 0. The zero-order valence-electron chi connectivity index (χ0n) is 37.3. The van der Waals surface area contributed by atoms with E-state index in [1.54, 1.807) is 6.08 Å². The summed E-state index contributed by atoms with van der Waals surface area (Å²) in [6.07, 6.45) is 41.9. The first-order valence-electron chi connectivity index (χ1n) is 24.2. The lowest BCUT2D eigenvalue weighted by atomic mass is 9.99. The molecule has 1 heterocycles. The number of aliphatic hydroxyl groups is 5. The van der Waals surface area contributed by atoms with E-state index in [0.717, 1.165) is 57.8 Å². The van der Waals surface area contributed by atoms with Crippen molar-refractivity contribution in [3.05, 3.63) is 36.5 Å². The van der Waals surface area contributed by atoms with Gasteiger partial charge in [-0.2, -0.15) is 0 Å². The first kappa shape index (κ1) is 54.4. The number of carbonyl (C=O) groups excluding carboxylic acids is 1. The van der Waals surface area contributed by atoms with Crippen LogP contribution in [0.5, 0.6) is 0 Å². The van der Waals surface area contributed by atoms with Gasteiger partial charge in [0.15, 0.2) is 6.29 Å². The van der Waals surface area contributed by atoms with Gasteiger partial charge < -0.3 is 40.3 Å². The molecule has 1 fully saturated rings. The molecule has 6 N–H and O–H groups in total. The molecule has 340 valence electrons. The van der Waals surface area contributed by atoms with Gasteiger partial charge in [-0.15, -0.1) is 0 Å². The Morgan fingerprint density at radius 3 is 1.45 bits per heavy atom. The average molecular weight is 822 g/mol. The minimum atomic E-state index is -1.57. The van der Waals surface area contributed by atoms with Crippen molar-refractivity contribution in [1.82, 2.24) is 5.32 Å². The minimum absolute atomic E-state index is 0.195. The number of hydrogen-bond donors (Lipinski definition) is 6. The van der Waals surface area contributed by atoms with Gasteiger partial charge in [0, 0.05) is 6.42 Å². The number of unbranched alkanes of at least 4 members (excludes halogenated alkanes) is 26. The van der Waals surface area contributed by atoms with Crippen molar-refractivity contribution < 1.29 is 39.8 Å². The Balaban J connectivity index is 2.36. The number of aliphatic hydroxyl groups excluding tert-OH is 5. The number of allylic oxidation sites excluding steroid dienone is 5. The Morgan fingerprint density at radius 2 is 0.983 bits per heavy atom. The Bertz CT molecular complexity index is 1000. The molecule has 1 aliphatic rings. The van der Waals surface area contributed by atoms with Gasteiger partial charge in [0.25, 0.3) is 0 Å². The van der Waals surface area contributed by atoms with Crippen LogP contribution in [0.4, 0.5) is 0 Å². The molecule has 0 radical (unpaired) electrons. The average Bonchev–Trinajstić information content (AvgIpc) is 3.22. The highest BCUT2D eigenvalue weighted by atomic mass is 16.7. The fourth-order valence-electron chi connectivity index (χ4n) is 7.52. The van der Waals surface area contributed by atoms with Crippen LogP contribution in [0.25, 0.3) is 0 Å². The van der Waals surface area contributed by atoms with Gasteiger partial charge >= 0.3 is 0 Å². The second-order valence-electron chi connectivity index (χ2n) is 16.9. The van der Waals surface area contributed by atoms with Gasteiger partial charge in [-0.05, 0) is 57.8 Å². The van der Waals surface area contributed by atoms with Crippen LogP contribution >= 0.6 is 0 Å². The molecule has 0 bridgehead atoms. The van der Waals surface area contributed by atoms with E-state index in [-0.39, 0.29) is 12.5 Å². The van der Waals surface area contributed by atoms with E-state index in [9.17, 15) is 30.3 Å². The van der Waals surface area contributed by atoms with Crippen LogP contribution in [-0.4, -0.2) is 87.5 Å². The summed E-state index contributed by atoms with van der Waals surface area (Å²) in [6, 6.07) is -0.824. The summed E-state index contributed by atoms with van der Waals surface area (Å²) in [4.78, 5) is 13.0. The molecule has 1 rings (SSSR count). The SMILES string of the molecule is CCCCCCCCCCC/C=C\CCCCCCCC(=O)NC(COC1OC(CO)C(O)C(O)C1O)C(O)/C=C/CC/C=C/CCCCCCCCCCCCC. The van der Waals surface area contributed by atoms with Crippen molar-refractivity contribution in [1.29, 1.82) is 0 Å². The molecule has 58 heavy (non-hydrogen) atoms. The van der Waals surface area contributed by atoms with E-state index in [1.807, 2.05) is 6.08 Å². The molecule has 1 saturated heterocycles. The van der Waals surface area contributed by atoms with E-state index in [2.05, 4.69) is 43.5 Å². The smallest absolute Gasteiger partial charge is 0.220 e. The fourth-order valence-corrected chi connectivity index (χ4v) is 7.52. The third-order valence-electron chi connectivity index (χ3n) is 11.4. The summed E-state index contributed by atoms with van der Waals surface area (Å²) in [5.74, 6) is -0.195. The van der Waals surface area contributed by atoms with Crippen molar-refractivity contribution in [2.75, 3.05) is 13.2 Å². The molecule has 9 heteroatoms. The van der Waals surface area contributed by atoms with E-state index >= 15 is 0 Å². The van der Waals surface area contributed by atoms with Gasteiger partial charge in [0.1, 0.15) is 24.4 Å². The Labute approximate surface area is 355 Å². The van der Waals surface area contributed by atoms with Crippen molar-refractivity contribution in [3.63, 3.8) is 0 Å². The van der Waals surface area contributed by atoms with Crippen molar-refractivity contribution >= 4 is 5.91 Å². The molecule has 7 atom stereocenters. The molecule has 0 saturated carbocycles. The number of carbonyl (C=O) groups is 1. The van der Waals surface area contributed by atoms with Gasteiger partial charge in [0.2, 0.25) is 5.91 Å². The minimum Gasteiger partial charge on any atom is -0.394 e. The van der Waals surface area contributed by atoms with Crippen molar-refractivity contribution in [2.24, 2.45) is 0 Å². The molecule has 0 aromatic heterocycles. The quantitative estimate of drug-likeness (QED) is 0.0264. The maximum absolute atomic E-state index is 13.0. The number of rotatable bonds is 40. The Kier molecular flexibility index (Phi) is 37.1. The van der Waals surface area contributed by atoms with Crippen LogP contribution < -0.4 is 5.32 Å².